The maximum absolute atomic E-state index is 13.2. The summed E-state index contributed by atoms with van der Waals surface area (Å²) in [6.07, 6.45) is 4.75. The first kappa shape index (κ1) is 12.6. The van der Waals surface area contributed by atoms with Crippen LogP contribution >= 0.6 is 11.6 Å². The van der Waals surface area contributed by atoms with Gasteiger partial charge in [0.2, 0.25) is 0 Å². The summed E-state index contributed by atoms with van der Waals surface area (Å²) in [4.78, 5) is 12.5. The molecule has 0 bridgehead atoms. The Kier molecular flexibility index (Phi) is 3.53. The zero-order valence-electron chi connectivity index (χ0n) is 9.93. The molecule has 17 heavy (non-hydrogen) atoms. The standard InChI is InChI=1S/C14H16ClFO/c1-2-14(7-3-4-8-14)13(17)11-9-10(16)5-6-12(11)15/h5-6,9H,2-4,7-8H2,1H3. The Balaban J connectivity index is 2.39. The van der Waals surface area contributed by atoms with Crippen molar-refractivity contribution in [2.45, 2.75) is 39.0 Å². The summed E-state index contributed by atoms with van der Waals surface area (Å²) in [6, 6.07) is 4.01. The third-order valence-corrected chi connectivity index (χ3v) is 4.22. The largest absolute Gasteiger partial charge is 0.294 e. The average Bonchev–Trinajstić information content (AvgIpc) is 2.81. The van der Waals surface area contributed by atoms with E-state index >= 15 is 0 Å². The van der Waals surface area contributed by atoms with Crippen LogP contribution in [0.25, 0.3) is 0 Å². The van der Waals surface area contributed by atoms with E-state index in [2.05, 4.69) is 0 Å². The molecule has 0 heterocycles. The Bertz CT molecular complexity index is 436. The zero-order chi connectivity index (χ0) is 12.5. The number of ketones is 1. The van der Waals surface area contributed by atoms with Crippen LogP contribution in [-0.2, 0) is 0 Å². The second kappa shape index (κ2) is 4.77. The van der Waals surface area contributed by atoms with E-state index in [0.29, 0.717) is 10.6 Å². The first-order valence-electron chi connectivity index (χ1n) is 6.09. The van der Waals surface area contributed by atoms with Crippen molar-refractivity contribution in [3.8, 4) is 0 Å². The maximum atomic E-state index is 13.2. The molecule has 1 fully saturated rings. The first-order valence-corrected chi connectivity index (χ1v) is 6.47. The predicted molar refractivity (Wildman–Crippen MR) is 66.9 cm³/mol. The van der Waals surface area contributed by atoms with Gasteiger partial charge in [-0.2, -0.15) is 0 Å². The second-order valence-corrected chi connectivity index (χ2v) is 5.20. The van der Waals surface area contributed by atoms with Crippen molar-refractivity contribution in [2.75, 3.05) is 0 Å². The van der Waals surface area contributed by atoms with Crippen molar-refractivity contribution in [1.82, 2.24) is 0 Å². The van der Waals surface area contributed by atoms with Crippen molar-refractivity contribution < 1.29 is 9.18 Å². The minimum absolute atomic E-state index is 0.0157. The average molecular weight is 255 g/mol. The molecule has 1 aliphatic carbocycles. The van der Waals surface area contributed by atoms with E-state index < -0.39 is 5.82 Å². The van der Waals surface area contributed by atoms with Gasteiger partial charge in [-0.3, -0.25) is 4.79 Å². The molecule has 0 radical (unpaired) electrons. The van der Waals surface area contributed by atoms with Crippen LogP contribution in [0.15, 0.2) is 18.2 Å². The Labute approximate surface area is 106 Å². The fourth-order valence-electron chi connectivity index (χ4n) is 2.75. The molecule has 92 valence electrons. The van der Waals surface area contributed by atoms with Crippen LogP contribution in [0.3, 0.4) is 0 Å². The lowest BCUT2D eigenvalue weighted by Crippen LogP contribution is -2.27. The second-order valence-electron chi connectivity index (χ2n) is 4.79. The lowest BCUT2D eigenvalue weighted by atomic mass is 9.76. The highest BCUT2D eigenvalue weighted by Gasteiger charge is 2.40. The number of rotatable bonds is 3. The summed E-state index contributed by atoms with van der Waals surface area (Å²) in [5, 5.41) is 0.358. The predicted octanol–water partition coefficient (Wildman–Crippen LogP) is 4.63. The Hall–Kier alpha value is -0.890. The van der Waals surface area contributed by atoms with Crippen molar-refractivity contribution in [2.24, 2.45) is 5.41 Å². The van der Waals surface area contributed by atoms with Gasteiger partial charge in [-0.15, -0.1) is 0 Å². The zero-order valence-corrected chi connectivity index (χ0v) is 10.7. The molecule has 0 amide bonds. The monoisotopic (exact) mass is 254 g/mol. The highest BCUT2D eigenvalue weighted by molar-refractivity contribution is 6.34. The van der Waals surface area contributed by atoms with Gasteiger partial charge in [0, 0.05) is 11.0 Å². The molecular formula is C14H16ClFO. The van der Waals surface area contributed by atoms with Crippen LogP contribution in [0.1, 0.15) is 49.4 Å². The highest BCUT2D eigenvalue weighted by atomic mass is 35.5. The van der Waals surface area contributed by atoms with Crippen LogP contribution in [0.4, 0.5) is 4.39 Å². The van der Waals surface area contributed by atoms with Crippen LogP contribution < -0.4 is 0 Å². The van der Waals surface area contributed by atoms with Gasteiger partial charge in [0.05, 0.1) is 5.02 Å². The van der Waals surface area contributed by atoms with Crippen LogP contribution in [0.2, 0.25) is 5.02 Å². The molecule has 0 N–H and O–H groups in total. The van der Waals surface area contributed by atoms with Gasteiger partial charge in [0.25, 0.3) is 0 Å². The van der Waals surface area contributed by atoms with Gasteiger partial charge >= 0.3 is 0 Å². The Morgan fingerprint density at radius 3 is 2.65 bits per heavy atom. The normalized spacial score (nSPS) is 18.3. The van der Waals surface area contributed by atoms with E-state index in [1.165, 1.54) is 18.2 Å². The molecular weight excluding hydrogens is 239 g/mol. The van der Waals surface area contributed by atoms with E-state index in [1.54, 1.807) is 0 Å². The number of carbonyl (C=O) groups is 1. The Morgan fingerprint density at radius 1 is 1.41 bits per heavy atom. The van der Waals surface area contributed by atoms with Gasteiger partial charge < -0.3 is 0 Å². The number of hydrogen-bond acceptors (Lipinski definition) is 1. The van der Waals surface area contributed by atoms with Gasteiger partial charge in [-0.05, 0) is 37.5 Å². The van der Waals surface area contributed by atoms with Crippen molar-refractivity contribution in [3.63, 3.8) is 0 Å². The third-order valence-electron chi connectivity index (χ3n) is 3.89. The SMILES string of the molecule is CCC1(C(=O)c2cc(F)ccc2Cl)CCCC1. The molecule has 1 nitrogen and oxygen atoms in total. The van der Waals surface area contributed by atoms with Gasteiger partial charge in [0.15, 0.2) is 5.78 Å². The maximum Gasteiger partial charge on any atom is 0.170 e. The lowest BCUT2D eigenvalue weighted by Gasteiger charge is -2.26. The third kappa shape index (κ3) is 2.23. The molecule has 1 saturated carbocycles. The van der Waals surface area contributed by atoms with Crippen molar-refractivity contribution in [1.29, 1.82) is 0 Å². The Morgan fingerprint density at radius 2 is 2.06 bits per heavy atom. The van der Waals surface area contributed by atoms with Crippen LogP contribution in [0.5, 0.6) is 0 Å². The molecule has 0 unspecified atom stereocenters. The van der Waals surface area contributed by atoms with Crippen molar-refractivity contribution in [3.05, 3.63) is 34.6 Å². The fourth-order valence-corrected chi connectivity index (χ4v) is 2.95. The molecule has 1 aromatic rings. The van der Waals surface area contributed by atoms with E-state index in [9.17, 15) is 9.18 Å². The quantitative estimate of drug-likeness (QED) is 0.719. The van der Waals surface area contributed by atoms with Crippen molar-refractivity contribution >= 4 is 17.4 Å². The topological polar surface area (TPSA) is 17.1 Å². The summed E-state index contributed by atoms with van der Waals surface area (Å²) in [6.45, 7) is 2.02. The lowest BCUT2D eigenvalue weighted by molar-refractivity contribution is 0.0791. The first-order chi connectivity index (χ1) is 8.09. The summed E-state index contributed by atoms with van der Waals surface area (Å²) in [7, 11) is 0. The molecule has 0 aromatic heterocycles. The van der Waals surface area contributed by atoms with Gasteiger partial charge in [0.1, 0.15) is 5.82 Å². The van der Waals surface area contributed by atoms with E-state index in [0.717, 1.165) is 32.1 Å². The molecule has 0 saturated heterocycles. The molecule has 1 aromatic carbocycles. The molecule has 0 aliphatic heterocycles. The van der Waals surface area contributed by atoms with Gasteiger partial charge in [-0.25, -0.2) is 4.39 Å². The van der Waals surface area contributed by atoms with Crippen LogP contribution in [-0.4, -0.2) is 5.78 Å². The fraction of sp³-hybridized carbons (Fsp3) is 0.500. The highest BCUT2D eigenvalue weighted by Crippen LogP contribution is 2.44. The molecule has 0 atom stereocenters. The molecule has 1 aliphatic rings. The summed E-state index contributed by atoms with van der Waals surface area (Å²) < 4.78 is 13.2. The van der Waals surface area contributed by atoms with Gasteiger partial charge in [-0.1, -0.05) is 31.4 Å². The summed E-state index contributed by atoms with van der Waals surface area (Å²) in [5.74, 6) is -0.385. The molecule has 2 rings (SSSR count). The summed E-state index contributed by atoms with van der Waals surface area (Å²) >= 11 is 6.00. The minimum atomic E-state index is -0.401. The van der Waals surface area contributed by atoms with E-state index in [-0.39, 0.29) is 11.2 Å². The number of benzene rings is 1. The summed E-state index contributed by atoms with van der Waals surface area (Å²) in [5.41, 5.74) is 0.0349. The van der Waals surface area contributed by atoms with Crippen LogP contribution in [0, 0.1) is 11.2 Å². The number of halogens is 2. The number of carbonyl (C=O) groups excluding carboxylic acids is 1. The number of Topliss-reactive ketones (excluding diaryl/α,β-unsaturated/α-hetero) is 1. The van der Waals surface area contributed by atoms with E-state index in [1.807, 2.05) is 6.92 Å². The smallest absolute Gasteiger partial charge is 0.170 e. The molecule has 3 heteroatoms. The minimum Gasteiger partial charge on any atom is -0.294 e. The molecule has 0 spiro atoms. The van der Waals surface area contributed by atoms with E-state index in [4.69, 9.17) is 11.6 Å². The number of hydrogen-bond donors (Lipinski definition) is 0.